The highest BCUT2D eigenvalue weighted by Crippen LogP contribution is 2.08. The maximum absolute atomic E-state index is 10.8. The summed E-state index contributed by atoms with van der Waals surface area (Å²) in [7, 11) is 0. The predicted octanol–water partition coefficient (Wildman–Crippen LogP) is 1.62. The van der Waals surface area contributed by atoms with Crippen molar-refractivity contribution in [2.24, 2.45) is 5.73 Å². The summed E-state index contributed by atoms with van der Waals surface area (Å²) in [5, 5.41) is 3.24. The molecule has 0 atom stereocenters. The first-order valence-electron chi connectivity index (χ1n) is 5.45. The maximum Gasteiger partial charge on any atom is 0.248 e. The Hall–Kier alpha value is -1.55. The molecule has 3 N–H and O–H groups in total. The monoisotopic (exact) mass is 222 g/mol. The lowest BCUT2D eigenvalue weighted by Crippen LogP contribution is -2.11. The number of ether oxygens (including phenoxy) is 1. The van der Waals surface area contributed by atoms with Gasteiger partial charge in [0, 0.05) is 31.0 Å². The third kappa shape index (κ3) is 4.31. The van der Waals surface area contributed by atoms with Crippen LogP contribution in [0.3, 0.4) is 0 Å². The van der Waals surface area contributed by atoms with Gasteiger partial charge in [-0.2, -0.15) is 0 Å². The molecule has 0 aliphatic rings. The molecule has 0 spiro atoms. The van der Waals surface area contributed by atoms with Gasteiger partial charge in [0.1, 0.15) is 0 Å². The van der Waals surface area contributed by atoms with Gasteiger partial charge in [0.2, 0.25) is 5.91 Å². The van der Waals surface area contributed by atoms with Crippen LogP contribution in [0.1, 0.15) is 23.7 Å². The zero-order chi connectivity index (χ0) is 11.8. The van der Waals surface area contributed by atoms with Gasteiger partial charge in [-0.15, -0.1) is 0 Å². The lowest BCUT2D eigenvalue weighted by atomic mass is 10.2. The Kier molecular flexibility index (Phi) is 5.36. The molecule has 1 rings (SSSR count). The summed E-state index contributed by atoms with van der Waals surface area (Å²) in [6.07, 6.45) is 0.964. The fourth-order valence-corrected chi connectivity index (χ4v) is 1.30. The number of hydrogen-bond acceptors (Lipinski definition) is 3. The normalized spacial score (nSPS) is 10.1. The average Bonchev–Trinajstić information content (AvgIpc) is 2.29. The Labute approximate surface area is 95.8 Å². The van der Waals surface area contributed by atoms with Crippen LogP contribution in [-0.4, -0.2) is 25.7 Å². The van der Waals surface area contributed by atoms with Crippen molar-refractivity contribution < 1.29 is 9.53 Å². The third-order valence-electron chi connectivity index (χ3n) is 2.17. The van der Waals surface area contributed by atoms with E-state index in [4.69, 9.17) is 10.5 Å². The van der Waals surface area contributed by atoms with Gasteiger partial charge in [-0.05, 0) is 37.6 Å². The van der Waals surface area contributed by atoms with E-state index in [9.17, 15) is 4.79 Å². The van der Waals surface area contributed by atoms with Crippen LogP contribution in [0.25, 0.3) is 0 Å². The van der Waals surface area contributed by atoms with E-state index in [1.165, 1.54) is 0 Å². The standard InChI is InChI=1S/C12H18N2O2/c1-2-16-9-3-8-14-11-6-4-10(5-7-11)12(13)15/h4-7,14H,2-3,8-9H2,1H3,(H2,13,15). The number of anilines is 1. The highest BCUT2D eigenvalue weighted by Gasteiger charge is 1.98. The van der Waals surface area contributed by atoms with Gasteiger partial charge in [0.05, 0.1) is 0 Å². The molecule has 0 unspecified atom stereocenters. The van der Waals surface area contributed by atoms with Gasteiger partial charge in [0.15, 0.2) is 0 Å². The van der Waals surface area contributed by atoms with Gasteiger partial charge >= 0.3 is 0 Å². The van der Waals surface area contributed by atoms with E-state index in [1.807, 2.05) is 19.1 Å². The number of carbonyl (C=O) groups is 1. The van der Waals surface area contributed by atoms with Crippen LogP contribution in [0.4, 0.5) is 5.69 Å². The van der Waals surface area contributed by atoms with E-state index in [0.29, 0.717) is 5.56 Å². The number of benzene rings is 1. The van der Waals surface area contributed by atoms with Crippen molar-refractivity contribution in [2.75, 3.05) is 25.1 Å². The smallest absolute Gasteiger partial charge is 0.248 e. The van der Waals surface area contributed by atoms with E-state index in [2.05, 4.69) is 5.32 Å². The van der Waals surface area contributed by atoms with Crippen LogP contribution in [0.5, 0.6) is 0 Å². The molecule has 4 nitrogen and oxygen atoms in total. The van der Waals surface area contributed by atoms with Gasteiger partial charge in [-0.3, -0.25) is 4.79 Å². The lowest BCUT2D eigenvalue weighted by molar-refractivity contribution is 0.100. The van der Waals surface area contributed by atoms with E-state index < -0.39 is 5.91 Å². The SMILES string of the molecule is CCOCCCNc1ccc(C(N)=O)cc1. The van der Waals surface area contributed by atoms with Crippen molar-refractivity contribution in [3.8, 4) is 0 Å². The first-order chi connectivity index (χ1) is 7.74. The second-order valence-corrected chi connectivity index (χ2v) is 3.42. The topological polar surface area (TPSA) is 64.3 Å². The molecule has 88 valence electrons. The molecule has 1 aromatic rings. The Balaban J connectivity index is 2.29. The van der Waals surface area contributed by atoms with Crippen LogP contribution in [0, 0.1) is 0 Å². The largest absolute Gasteiger partial charge is 0.385 e. The fraction of sp³-hybridized carbons (Fsp3) is 0.417. The summed E-state index contributed by atoms with van der Waals surface area (Å²) in [6, 6.07) is 7.13. The van der Waals surface area contributed by atoms with Crippen molar-refractivity contribution >= 4 is 11.6 Å². The quantitative estimate of drug-likeness (QED) is 0.689. The zero-order valence-electron chi connectivity index (χ0n) is 9.53. The molecule has 1 aromatic carbocycles. The molecule has 0 aliphatic heterocycles. The molecule has 0 saturated carbocycles. The van der Waals surface area contributed by atoms with Crippen molar-refractivity contribution in [3.63, 3.8) is 0 Å². The van der Waals surface area contributed by atoms with Gasteiger partial charge in [-0.1, -0.05) is 0 Å². The minimum Gasteiger partial charge on any atom is -0.385 e. The Morgan fingerprint density at radius 2 is 2.06 bits per heavy atom. The minimum atomic E-state index is -0.400. The third-order valence-corrected chi connectivity index (χ3v) is 2.17. The number of amides is 1. The van der Waals surface area contributed by atoms with E-state index >= 15 is 0 Å². The molecule has 0 saturated heterocycles. The van der Waals surface area contributed by atoms with Crippen LogP contribution < -0.4 is 11.1 Å². The molecular formula is C12H18N2O2. The van der Waals surface area contributed by atoms with Gasteiger partial charge < -0.3 is 15.8 Å². The Bertz CT molecular complexity index is 322. The minimum absolute atomic E-state index is 0.400. The highest BCUT2D eigenvalue weighted by molar-refractivity contribution is 5.93. The number of nitrogens with two attached hydrogens (primary N) is 1. The molecule has 0 fully saturated rings. The average molecular weight is 222 g/mol. The molecule has 4 heteroatoms. The second kappa shape index (κ2) is 6.85. The Morgan fingerprint density at radius 1 is 1.38 bits per heavy atom. The first kappa shape index (κ1) is 12.5. The number of hydrogen-bond donors (Lipinski definition) is 2. The number of nitrogens with one attached hydrogen (secondary N) is 1. The van der Waals surface area contributed by atoms with Crippen LogP contribution >= 0.6 is 0 Å². The molecule has 0 bridgehead atoms. The van der Waals surface area contributed by atoms with Crippen molar-refractivity contribution in [2.45, 2.75) is 13.3 Å². The van der Waals surface area contributed by atoms with E-state index in [-0.39, 0.29) is 0 Å². The van der Waals surface area contributed by atoms with E-state index in [0.717, 1.165) is 31.9 Å². The molecule has 0 radical (unpaired) electrons. The zero-order valence-corrected chi connectivity index (χ0v) is 9.53. The van der Waals surface area contributed by atoms with E-state index in [1.54, 1.807) is 12.1 Å². The molecule has 0 aromatic heterocycles. The number of carbonyl (C=O) groups excluding carboxylic acids is 1. The molecule has 0 aliphatic carbocycles. The number of rotatable bonds is 7. The summed E-state index contributed by atoms with van der Waals surface area (Å²) in [5.74, 6) is -0.400. The molecular weight excluding hydrogens is 204 g/mol. The number of primary amides is 1. The predicted molar refractivity (Wildman–Crippen MR) is 64.6 cm³/mol. The molecule has 0 heterocycles. The summed E-state index contributed by atoms with van der Waals surface area (Å²) < 4.78 is 5.22. The van der Waals surface area contributed by atoms with Crippen LogP contribution in [0.15, 0.2) is 24.3 Å². The maximum atomic E-state index is 10.8. The second-order valence-electron chi connectivity index (χ2n) is 3.42. The van der Waals surface area contributed by atoms with Gasteiger partial charge in [-0.25, -0.2) is 0 Å². The Morgan fingerprint density at radius 3 is 2.62 bits per heavy atom. The lowest BCUT2D eigenvalue weighted by Gasteiger charge is -2.06. The van der Waals surface area contributed by atoms with Gasteiger partial charge in [0.25, 0.3) is 0 Å². The fourth-order valence-electron chi connectivity index (χ4n) is 1.30. The van der Waals surface area contributed by atoms with Crippen LogP contribution in [0.2, 0.25) is 0 Å². The highest BCUT2D eigenvalue weighted by atomic mass is 16.5. The summed E-state index contributed by atoms with van der Waals surface area (Å²) in [6.45, 7) is 4.36. The molecule has 16 heavy (non-hydrogen) atoms. The van der Waals surface area contributed by atoms with Crippen molar-refractivity contribution in [1.82, 2.24) is 0 Å². The first-order valence-corrected chi connectivity index (χ1v) is 5.45. The summed E-state index contributed by atoms with van der Waals surface area (Å²) in [5.41, 5.74) is 6.66. The summed E-state index contributed by atoms with van der Waals surface area (Å²) in [4.78, 5) is 10.8. The summed E-state index contributed by atoms with van der Waals surface area (Å²) >= 11 is 0. The van der Waals surface area contributed by atoms with Crippen LogP contribution in [-0.2, 0) is 4.74 Å². The molecule has 1 amide bonds. The van der Waals surface area contributed by atoms with Crippen molar-refractivity contribution in [3.05, 3.63) is 29.8 Å². The van der Waals surface area contributed by atoms with Crippen molar-refractivity contribution in [1.29, 1.82) is 0 Å².